The largest absolute Gasteiger partial charge is 0.445 e. The third-order valence-corrected chi connectivity index (χ3v) is 4.83. The number of ether oxygens (including phenoxy) is 1. The van der Waals surface area contributed by atoms with Gasteiger partial charge in [0.25, 0.3) is 0 Å². The van der Waals surface area contributed by atoms with Gasteiger partial charge in [0.05, 0.1) is 0 Å². The number of anilines is 1. The van der Waals surface area contributed by atoms with Crippen molar-refractivity contribution >= 4 is 17.7 Å². The van der Waals surface area contributed by atoms with Gasteiger partial charge in [0.1, 0.15) is 12.6 Å². The van der Waals surface area contributed by atoms with Crippen molar-refractivity contribution in [2.75, 3.05) is 5.32 Å². The molecule has 0 bridgehead atoms. The van der Waals surface area contributed by atoms with Crippen LogP contribution in [0.5, 0.6) is 0 Å². The molecule has 154 valence electrons. The van der Waals surface area contributed by atoms with Crippen LogP contribution in [-0.4, -0.2) is 18.0 Å². The number of hydrogen-bond acceptors (Lipinski definition) is 3. The van der Waals surface area contributed by atoms with E-state index < -0.39 is 12.1 Å². The van der Waals surface area contributed by atoms with E-state index in [2.05, 4.69) is 10.6 Å². The van der Waals surface area contributed by atoms with Crippen LogP contribution in [0.2, 0.25) is 0 Å². The van der Waals surface area contributed by atoms with Crippen molar-refractivity contribution in [3.63, 3.8) is 0 Å². The zero-order valence-electron chi connectivity index (χ0n) is 17.2. The molecule has 0 aliphatic carbocycles. The molecule has 2 N–H and O–H groups in total. The van der Waals surface area contributed by atoms with Crippen molar-refractivity contribution in [3.8, 4) is 0 Å². The number of nitrogens with one attached hydrogen (secondary N) is 2. The fourth-order valence-corrected chi connectivity index (χ4v) is 3.19. The third kappa shape index (κ3) is 5.95. The number of benzene rings is 3. The Morgan fingerprint density at radius 1 is 0.800 bits per heavy atom. The number of hydrogen-bond donors (Lipinski definition) is 2. The summed E-state index contributed by atoms with van der Waals surface area (Å²) in [7, 11) is 0. The van der Waals surface area contributed by atoms with E-state index in [-0.39, 0.29) is 12.5 Å². The van der Waals surface area contributed by atoms with Crippen LogP contribution in [0.3, 0.4) is 0 Å². The highest BCUT2D eigenvalue weighted by molar-refractivity contribution is 5.97. The molecule has 0 heterocycles. The lowest BCUT2D eigenvalue weighted by molar-refractivity contribution is -0.118. The van der Waals surface area contributed by atoms with E-state index in [4.69, 9.17) is 4.74 Å². The number of carbonyl (C=O) groups is 2. The quantitative estimate of drug-likeness (QED) is 0.598. The van der Waals surface area contributed by atoms with Crippen LogP contribution in [0.1, 0.15) is 22.3 Å². The molecule has 1 atom stereocenters. The molecule has 0 saturated heterocycles. The number of para-hydroxylation sites is 1. The van der Waals surface area contributed by atoms with Crippen molar-refractivity contribution in [1.29, 1.82) is 0 Å². The first-order chi connectivity index (χ1) is 14.5. The van der Waals surface area contributed by atoms with Gasteiger partial charge in [-0.25, -0.2) is 4.79 Å². The first kappa shape index (κ1) is 21.1. The van der Waals surface area contributed by atoms with Gasteiger partial charge in [-0.3, -0.25) is 4.79 Å². The van der Waals surface area contributed by atoms with Gasteiger partial charge in [-0.1, -0.05) is 78.9 Å². The number of aryl methyl sites for hydroxylation is 2. The molecule has 0 aromatic heterocycles. The van der Waals surface area contributed by atoms with E-state index in [0.717, 1.165) is 27.9 Å². The fourth-order valence-electron chi connectivity index (χ4n) is 3.19. The normalized spacial score (nSPS) is 11.4. The Labute approximate surface area is 177 Å². The van der Waals surface area contributed by atoms with Gasteiger partial charge >= 0.3 is 6.09 Å². The lowest BCUT2D eigenvalue weighted by Gasteiger charge is -2.20. The van der Waals surface area contributed by atoms with Gasteiger partial charge in [0.15, 0.2) is 0 Å². The minimum Gasteiger partial charge on any atom is -0.445 e. The van der Waals surface area contributed by atoms with Crippen LogP contribution < -0.4 is 10.6 Å². The van der Waals surface area contributed by atoms with Gasteiger partial charge in [0.2, 0.25) is 5.91 Å². The summed E-state index contributed by atoms with van der Waals surface area (Å²) in [5.41, 5.74) is 4.52. The summed E-state index contributed by atoms with van der Waals surface area (Å²) in [5, 5.41) is 5.69. The average Bonchev–Trinajstić information content (AvgIpc) is 2.76. The van der Waals surface area contributed by atoms with E-state index in [1.807, 2.05) is 92.7 Å². The second kappa shape index (κ2) is 10.3. The molecule has 3 aromatic carbocycles. The zero-order chi connectivity index (χ0) is 21.3. The molecule has 0 aliphatic heterocycles. The van der Waals surface area contributed by atoms with E-state index >= 15 is 0 Å². The Bertz CT molecular complexity index is 968. The summed E-state index contributed by atoms with van der Waals surface area (Å²) in [6.07, 6.45) is -0.269. The highest BCUT2D eigenvalue weighted by Crippen LogP contribution is 2.20. The van der Waals surface area contributed by atoms with Crippen molar-refractivity contribution in [2.45, 2.75) is 32.9 Å². The second-order valence-corrected chi connectivity index (χ2v) is 7.20. The van der Waals surface area contributed by atoms with E-state index in [0.29, 0.717) is 6.42 Å². The maximum Gasteiger partial charge on any atom is 0.408 e. The molecule has 30 heavy (non-hydrogen) atoms. The minimum atomic E-state index is -0.769. The third-order valence-electron chi connectivity index (χ3n) is 4.83. The molecular formula is C25H26N2O3. The van der Waals surface area contributed by atoms with Crippen molar-refractivity contribution < 1.29 is 14.3 Å². The van der Waals surface area contributed by atoms with Crippen molar-refractivity contribution in [2.24, 2.45) is 0 Å². The summed E-state index contributed by atoms with van der Waals surface area (Å²) in [6.45, 7) is 4.02. The zero-order valence-corrected chi connectivity index (χ0v) is 17.2. The van der Waals surface area contributed by atoms with Gasteiger partial charge < -0.3 is 15.4 Å². The minimum absolute atomic E-state index is 0.142. The van der Waals surface area contributed by atoms with Crippen LogP contribution in [0.15, 0.2) is 78.9 Å². The van der Waals surface area contributed by atoms with E-state index in [1.54, 1.807) is 0 Å². The molecule has 0 saturated carbocycles. The van der Waals surface area contributed by atoms with Gasteiger partial charge in [-0.05, 0) is 36.1 Å². The summed E-state index contributed by atoms with van der Waals surface area (Å²) < 4.78 is 5.31. The van der Waals surface area contributed by atoms with Gasteiger partial charge in [-0.2, -0.15) is 0 Å². The van der Waals surface area contributed by atoms with Gasteiger partial charge in [-0.15, -0.1) is 0 Å². The lowest BCUT2D eigenvalue weighted by Crippen LogP contribution is -2.45. The number of rotatable bonds is 7. The fraction of sp³-hybridized carbons (Fsp3) is 0.200. The van der Waals surface area contributed by atoms with Crippen LogP contribution in [-0.2, 0) is 22.6 Å². The lowest BCUT2D eigenvalue weighted by atomic mass is 10.0. The molecule has 0 unspecified atom stereocenters. The molecule has 3 aromatic rings. The predicted octanol–water partition coefficient (Wildman–Crippen LogP) is 4.78. The Kier molecular flexibility index (Phi) is 7.22. The van der Waals surface area contributed by atoms with E-state index in [9.17, 15) is 9.59 Å². The maximum atomic E-state index is 13.0. The van der Waals surface area contributed by atoms with Crippen LogP contribution in [0, 0.1) is 13.8 Å². The monoisotopic (exact) mass is 402 g/mol. The summed E-state index contributed by atoms with van der Waals surface area (Å²) in [4.78, 5) is 25.4. The Balaban J connectivity index is 1.71. The van der Waals surface area contributed by atoms with E-state index in [1.165, 1.54) is 0 Å². The molecule has 3 rings (SSSR count). The predicted molar refractivity (Wildman–Crippen MR) is 118 cm³/mol. The number of alkyl carbamates (subject to hydrolysis) is 1. The standard InChI is InChI=1S/C25H26N2O3/c1-18-10-9-11-19(2)23(18)27-24(28)22(16-20-12-5-3-6-13-20)26-25(29)30-17-21-14-7-4-8-15-21/h3-15,22H,16-17H2,1-2H3,(H,26,29)(H,27,28)/t22-/m1/s1. The maximum absolute atomic E-state index is 13.0. The van der Waals surface area contributed by atoms with Crippen LogP contribution >= 0.6 is 0 Å². The molecular weight excluding hydrogens is 376 g/mol. The second-order valence-electron chi connectivity index (χ2n) is 7.20. The SMILES string of the molecule is Cc1cccc(C)c1NC(=O)[C@@H](Cc1ccccc1)NC(=O)OCc1ccccc1. The highest BCUT2D eigenvalue weighted by atomic mass is 16.5. The van der Waals surface area contributed by atoms with Crippen LogP contribution in [0.25, 0.3) is 0 Å². The molecule has 5 nitrogen and oxygen atoms in total. The van der Waals surface area contributed by atoms with Crippen molar-refractivity contribution in [3.05, 3.63) is 101 Å². The van der Waals surface area contributed by atoms with Crippen LogP contribution in [0.4, 0.5) is 10.5 Å². The summed E-state index contributed by atoms with van der Waals surface area (Å²) >= 11 is 0. The smallest absolute Gasteiger partial charge is 0.408 e. The highest BCUT2D eigenvalue weighted by Gasteiger charge is 2.23. The number of carbonyl (C=O) groups excluding carboxylic acids is 2. The average molecular weight is 402 g/mol. The Morgan fingerprint density at radius 3 is 1.97 bits per heavy atom. The first-order valence-corrected chi connectivity index (χ1v) is 9.91. The molecule has 2 amide bonds. The summed E-state index contributed by atoms with van der Waals surface area (Å²) in [6, 6.07) is 24.1. The molecule has 0 spiro atoms. The first-order valence-electron chi connectivity index (χ1n) is 9.91. The summed E-state index contributed by atoms with van der Waals surface area (Å²) in [5.74, 6) is -0.284. The molecule has 0 aliphatic rings. The number of amides is 2. The van der Waals surface area contributed by atoms with Gasteiger partial charge in [0, 0.05) is 12.1 Å². The molecule has 0 radical (unpaired) electrons. The topological polar surface area (TPSA) is 67.4 Å². The Morgan fingerprint density at radius 2 is 1.37 bits per heavy atom. The van der Waals surface area contributed by atoms with Crippen molar-refractivity contribution in [1.82, 2.24) is 5.32 Å². The Hall–Kier alpha value is -3.60. The molecule has 5 heteroatoms. The molecule has 0 fully saturated rings.